The van der Waals surface area contributed by atoms with Crippen molar-refractivity contribution >= 4 is 11.0 Å². The molecule has 3 heterocycles. The van der Waals surface area contributed by atoms with Crippen LogP contribution in [0.1, 0.15) is 37.5 Å². The van der Waals surface area contributed by atoms with Crippen LogP contribution in [0.25, 0.3) is 11.0 Å². The Morgan fingerprint density at radius 3 is 2.57 bits per heavy atom. The van der Waals surface area contributed by atoms with E-state index in [9.17, 15) is 0 Å². The zero-order valence-corrected chi connectivity index (χ0v) is 12.9. The number of nitrogens with zero attached hydrogens (tertiary/aromatic N) is 1. The molecule has 1 aromatic carbocycles. The Balaban J connectivity index is 1.62. The van der Waals surface area contributed by atoms with Crippen LogP contribution >= 0.6 is 0 Å². The Kier molecular flexibility index (Phi) is 3.27. The first-order chi connectivity index (χ1) is 10.3. The second-order valence-electron chi connectivity index (χ2n) is 6.73. The van der Waals surface area contributed by atoms with Crippen molar-refractivity contribution in [1.82, 2.24) is 10.2 Å². The van der Waals surface area contributed by atoms with Gasteiger partial charge >= 0.3 is 0 Å². The molecule has 21 heavy (non-hydrogen) atoms. The fourth-order valence-corrected chi connectivity index (χ4v) is 4.49. The SMILES string of the molecule is CNC(c1cc2ccccc2o1)C1CC2CCC(C1)N2C. The minimum atomic E-state index is 0.342. The third-order valence-corrected chi connectivity index (χ3v) is 5.67. The Bertz CT molecular complexity index is 588. The predicted molar refractivity (Wildman–Crippen MR) is 85.3 cm³/mol. The lowest BCUT2D eigenvalue weighted by atomic mass is 9.84. The Morgan fingerprint density at radius 2 is 1.90 bits per heavy atom. The van der Waals surface area contributed by atoms with E-state index in [4.69, 9.17) is 4.42 Å². The molecule has 2 aliphatic heterocycles. The lowest BCUT2D eigenvalue weighted by Crippen LogP contribution is -2.43. The van der Waals surface area contributed by atoms with E-state index in [-0.39, 0.29) is 0 Å². The van der Waals surface area contributed by atoms with Crippen molar-refractivity contribution in [2.24, 2.45) is 5.92 Å². The maximum atomic E-state index is 6.12. The van der Waals surface area contributed by atoms with Gasteiger partial charge in [0.15, 0.2) is 0 Å². The molecule has 2 bridgehead atoms. The van der Waals surface area contributed by atoms with E-state index in [0.717, 1.165) is 23.4 Å². The van der Waals surface area contributed by atoms with Crippen LogP contribution in [-0.2, 0) is 0 Å². The lowest BCUT2D eigenvalue weighted by molar-refractivity contribution is 0.109. The summed E-state index contributed by atoms with van der Waals surface area (Å²) in [6.45, 7) is 0. The number of fused-ring (bicyclic) bond motifs is 3. The zero-order valence-electron chi connectivity index (χ0n) is 12.9. The topological polar surface area (TPSA) is 28.4 Å². The summed E-state index contributed by atoms with van der Waals surface area (Å²) >= 11 is 0. The van der Waals surface area contributed by atoms with Gasteiger partial charge in [-0.3, -0.25) is 0 Å². The molecule has 3 heteroatoms. The monoisotopic (exact) mass is 284 g/mol. The maximum Gasteiger partial charge on any atom is 0.134 e. The standard InChI is InChI=1S/C18H24N2O/c1-19-18(13-9-14-7-8-15(10-13)20(14)2)17-11-12-5-3-4-6-16(12)21-17/h3-6,11,13-15,18-19H,7-10H2,1-2H3. The predicted octanol–water partition coefficient (Wildman–Crippen LogP) is 3.57. The van der Waals surface area contributed by atoms with Crippen LogP contribution in [0.15, 0.2) is 34.7 Å². The lowest BCUT2D eigenvalue weighted by Gasteiger charge is -2.39. The van der Waals surface area contributed by atoms with Gasteiger partial charge in [-0.15, -0.1) is 0 Å². The van der Waals surface area contributed by atoms with Gasteiger partial charge in [0, 0.05) is 17.5 Å². The van der Waals surface area contributed by atoms with Crippen LogP contribution in [-0.4, -0.2) is 31.1 Å². The summed E-state index contributed by atoms with van der Waals surface area (Å²) in [7, 11) is 4.37. The summed E-state index contributed by atoms with van der Waals surface area (Å²) in [5.41, 5.74) is 1.00. The molecule has 0 amide bonds. The van der Waals surface area contributed by atoms with E-state index < -0.39 is 0 Å². The molecule has 2 aromatic rings. The van der Waals surface area contributed by atoms with Crippen LogP contribution in [0.5, 0.6) is 0 Å². The van der Waals surface area contributed by atoms with Crippen molar-refractivity contribution < 1.29 is 4.42 Å². The summed E-state index contributed by atoms with van der Waals surface area (Å²) in [5, 5.41) is 4.73. The molecule has 1 N–H and O–H groups in total. The number of rotatable bonds is 3. The van der Waals surface area contributed by atoms with Crippen LogP contribution in [0.4, 0.5) is 0 Å². The highest BCUT2D eigenvalue weighted by molar-refractivity contribution is 5.77. The highest BCUT2D eigenvalue weighted by atomic mass is 16.3. The normalized spacial score (nSPS) is 30.9. The van der Waals surface area contributed by atoms with Gasteiger partial charge in [0.25, 0.3) is 0 Å². The molecule has 4 rings (SSSR count). The van der Waals surface area contributed by atoms with Gasteiger partial charge in [0.1, 0.15) is 11.3 Å². The number of benzene rings is 1. The quantitative estimate of drug-likeness (QED) is 0.934. The first-order valence-corrected chi connectivity index (χ1v) is 8.14. The average molecular weight is 284 g/mol. The number of hydrogen-bond donors (Lipinski definition) is 1. The molecule has 0 aliphatic carbocycles. The number of piperidine rings is 1. The molecule has 2 aliphatic rings. The van der Waals surface area contributed by atoms with Gasteiger partial charge in [-0.1, -0.05) is 18.2 Å². The van der Waals surface area contributed by atoms with Crippen molar-refractivity contribution in [3.8, 4) is 0 Å². The van der Waals surface area contributed by atoms with Crippen LogP contribution in [0.2, 0.25) is 0 Å². The van der Waals surface area contributed by atoms with Gasteiger partial charge in [-0.25, -0.2) is 0 Å². The molecule has 3 nitrogen and oxygen atoms in total. The molecule has 0 spiro atoms. The van der Waals surface area contributed by atoms with Crippen molar-refractivity contribution in [2.45, 2.75) is 43.8 Å². The number of furan rings is 1. The third kappa shape index (κ3) is 2.19. The van der Waals surface area contributed by atoms with Crippen LogP contribution in [0, 0.1) is 5.92 Å². The number of para-hydroxylation sites is 1. The number of nitrogens with one attached hydrogen (secondary N) is 1. The van der Waals surface area contributed by atoms with Crippen molar-refractivity contribution in [3.05, 3.63) is 36.1 Å². The Hall–Kier alpha value is -1.32. The first kappa shape index (κ1) is 13.4. The van der Waals surface area contributed by atoms with E-state index in [1.807, 2.05) is 6.07 Å². The second kappa shape index (κ2) is 5.15. The van der Waals surface area contributed by atoms with Crippen molar-refractivity contribution in [2.75, 3.05) is 14.1 Å². The Morgan fingerprint density at radius 1 is 1.19 bits per heavy atom. The van der Waals surface area contributed by atoms with E-state index in [2.05, 4.69) is 48.6 Å². The van der Waals surface area contributed by atoms with Gasteiger partial charge in [-0.05, 0) is 57.8 Å². The Labute approximate surface area is 126 Å². The van der Waals surface area contributed by atoms with E-state index in [1.165, 1.54) is 31.1 Å². The van der Waals surface area contributed by atoms with Gasteiger partial charge in [-0.2, -0.15) is 0 Å². The smallest absolute Gasteiger partial charge is 0.134 e. The summed E-state index contributed by atoms with van der Waals surface area (Å²) in [5.74, 6) is 1.79. The molecule has 112 valence electrons. The molecular formula is C18H24N2O. The molecule has 3 atom stereocenters. The van der Waals surface area contributed by atoms with Gasteiger partial charge in [0.05, 0.1) is 6.04 Å². The molecule has 3 unspecified atom stereocenters. The van der Waals surface area contributed by atoms with E-state index >= 15 is 0 Å². The van der Waals surface area contributed by atoms with Crippen LogP contribution < -0.4 is 5.32 Å². The fraction of sp³-hybridized carbons (Fsp3) is 0.556. The summed E-state index contributed by atoms with van der Waals surface area (Å²) in [6, 6.07) is 12.4. The summed E-state index contributed by atoms with van der Waals surface area (Å²) < 4.78 is 6.12. The molecule has 0 saturated carbocycles. The van der Waals surface area contributed by atoms with Crippen molar-refractivity contribution in [3.63, 3.8) is 0 Å². The summed E-state index contributed by atoms with van der Waals surface area (Å²) in [4.78, 5) is 2.60. The highest BCUT2D eigenvalue weighted by Crippen LogP contribution is 2.43. The molecular weight excluding hydrogens is 260 g/mol. The molecule has 0 radical (unpaired) electrons. The average Bonchev–Trinajstić information content (AvgIpc) is 2.97. The van der Waals surface area contributed by atoms with Crippen molar-refractivity contribution in [1.29, 1.82) is 0 Å². The highest BCUT2D eigenvalue weighted by Gasteiger charge is 2.41. The van der Waals surface area contributed by atoms with E-state index in [1.54, 1.807) is 0 Å². The second-order valence-corrected chi connectivity index (χ2v) is 6.73. The minimum absolute atomic E-state index is 0.342. The molecule has 1 aromatic heterocycles. The third-order valence-electron chi connectivity index (χ3n) is 5.67. The van der Waals surface area contributed by atoms with Gasteiger partial charge < -0.3 is 14.6 Å². The minimum Gasteiger partial charge on any atom is -0.459 e. The molecule has 2 saturated heterocycles. The van der Waals surface area contributed by atoms with Gasteiger partial charge in [0.2, 0.25) is 0 Å². The first-order valence-electron chi connectivity index (χ1n) is 8.14. The molecule has 2 fully saturated rings. The summed E-state index contributed by atoms with van der Waals surface area (Å²) in [6.07, 6.45) is 5.31. The fourth-order valence-electron chi connectivity index (χ4n) is 4.49. The zero-order chi connectivity index (χ0) is 14.4. The van der Waals surface area contributed by atoms with E-state index in [0.29, 0.717) is 12.0 Å². The number of hydrogen-bond acceptors (Lipinski definition) is 3. The maximum absolute atomic E-state index is 6.12. The largest absolute Gasteiger partial charge is 0.459 e. The van der Waals surface area contributed by atoms with Crippen LogP contribution in [0.3, 0.4) is 0 Å².